The zero-order valence-corrected chi connectivity index (χ0v) is 13.3. The monoisotopic (exact) mass is 301 g/mol. The second-order valence-electron chi connectivity index (χ2n) is 5.44. The fourth-order valence-corrected chi connectivity index (χ4v) is 1.98. The topological polar surface area (TPSA) is 72.0 Å². The Morgan fingerprint density at radius 3 is 2.77 bits per heavy atom. The standard InChI is InChI=1S/C16H23N5O/c1-12(2)8-9-17-15-11-19-21-16(20-15)18-10-13-6-4-5-7-14(13)22-3/h4-7,11-12H,8-10H2,1-3H3,(H2,17,18,20,21). The van der Waals surface area contributed by atoms with Crippen LogP contribution in [0.15, 0.2) is 30.5 Å². The zero-order chi connectivity index (χ0) is 15.8. The lowest BCUT2D eigenvalue weighted by atomic mass is 10.1. The van der Waals surface area contributed by atoms with Gasteiger partial charge in [0.1, 0.15) is 11.6 Å². The summed E-state index contributed by atoms with van der Waals surface area (Å²) in [7, 11) is 1.66. The molecule has 2 aromatic rings. The minimum atomic E-state index is 0.500. The third-order valence-corrected chi connectivity index (χ3v) is 3.22. The van der Waals surface area contributed by atoms with Crippen LogP contribution in [0.4, 0.5) is 11.8 Å². The van der Waals surface area contributed by atoms with Gasteiger partial charge in [-0.05, 0) is 18.4 Å². The Labute approximate surface area is 131 Å². The number of hydrogen-bond donors (Lipinski definition) is 2. The Balaban J connectivity index is 1.92. The molecule has 0 amide bonds. The van der Waals surface area contributed by atoms with E-state index in [0.29, 0.717) is 18.4 Å². The van der Waals surface area contributed by atoms with Crippen molar-refractivity contribution in [1.29, 1.82) is 0 Å². The van der Waals surface area contributed by atoms with Gasteiger partial charge in [0, 0.05) is 18.7 Å². The summed E-state index contributed by atoms with van der Waals surface area (Å²) in [5.41, 5.74) is 1.05. The summed E-state index contributed by atoms with van der Waals surface area (Å²) in [5, 5.41) is 14.4. The number of methoxy groups -OCH3 is 1. The molecule has 0 bridgehead atoms. The van der Waals surface area contributed by atoms with Crippen molar-refractivity contribution in [3.63, 3.8) is 0 Å². The maximum Gasteiger partial charge on any atom is 0.244 e. The number of hydrogen-bond acceptors (Lipinski definition) is 6. The van der Waals surface area contributed by atoms with Crippen LogP contribution >= 0.6 is 0 Å². The average Bonchev–Trinajstić information content (AvgIpc) is 2.53. The van der Waals surface area contributed by atoms with Crippen LogP contribution < -0.4 is 15.4 Å². The molecular weight excluding hydrogens is 278 g/mol. The molecule has 0 atom stereocenters. The number of anilines is 2. The van der Waals surface area contributed by atoms with Gasteiger partial charge in [-0.3, -0.25) is 0 Å². The number of rotatable bonds is 8. The number of nitrogens with one attached hydrogen (secondary N) is 2. The Bertz CT molecular complexity index is 588. The van der Waals surface area contributed by atoms with Crippen LogP contribution in [0.25, 0.3) is 0 Å². The Hall–Kier alpha value is -2.37. The fourth-order valence-electron chi connectivity index (χ4n) is 1.98. The van der Waals surface area contributed by atoms with Crippen molar-refractivity contribution >= 4 is 11.8 Å². The molecule has 1 heterocycles. The first-order chi connectivity index (χ1) is 10.7. The highest BCUT2D eigenvalue weighted by molar-refractivity contribution is 5.39. The normalized spacial score (nSPS) is 10.5. The van der Waals surface area contributed by atoms with E-state index in [0.717, 1.165) is 30.1 Å². The zero-order valence-electron chi connectivity index (χ0n) is 13.3. The quantitative estimate of drug-likeness (QED) is 0.781. The van der Waals surface area contributed by atoms with Crippen molar-refractivity contribution in [1.82, 2.24) is 15.2 Å². The van der Waals surface area contributed by atoms with E-state index >= 15 is 0 Å². The molecule has 0 aliphatic rings. The minimum Gasteiger partial charge on any atom is -0.496 e. The predicted molar refractivity (Wildman–Crippen MR) is 88.1 cm³/mol. The maximum atomic E-state index is 5.32. The van der Waals surface area contributed by atoms with Gasteiger partial charge in [-0.15, -0.1) is 5.10 Å². The van der Waals surface area contributed by atoms with E-state index in [-0.39, 0.29) is 0 Å². The fraction of sp³-hybridized carbons (Fsp3) is 0.438. The molecule has 0 radical (unpaired) electrons. The SMILES string of the molecule is COc1ccccc1CNc1nncc(NCCC(C)C)n1. The molecule has 0 aliphatic carbocycles. The number of para-hydroxylation sites is 1. The lowest BCUT2D eigenvalue weighted by Crippen LogP contribution is -2.10. The van der Waals surface area contributed by atoms with Crippen LogP contribution in [-0.2, 0) is 6.54 Å². The Morgan fingerprint density at radius 2 is 2.00 bits per heavy atom. The van der Waals surface area contributed by atoms with E-state index in [2.05, 4.69) is 39.7 Å². The van der Waals surface area contributed by atoms with Gasteiger partial charge in [0.15, 0.2) is 0 Å². The number of ether oxygens (including phenoxy) is 1. The van der Waals surface area contributed by atoms with Crippen molar-refractivity contribution in [2.75, 3.05) is 24.3 Å². The largest absolute Gasteiger partial charge is 0.496 e. The van der Waals surface area contributed by atoms with Crippen LogP contribution in [0.3, 0.4) is 0 Å². The highest BCUT2D eigenvalue weighted by Crippen LogP contribution is 2.18. The van der Waals surface area contributed by atoms with Gasteiger partial charge in [-0.1, -0.05) is 32.0 Å². The molecular formula is C16H23N5O. The van der Waals surface area contributed by atoms with Gasteiger partial charge in [-0.25, -0.2) is 0 Å². The van der Waals surface area contributed by atoms with Crippen molar-refractivity contribution < 1.29 is 4.74 Å². The lowest BCUT2D eigenvalue weighted by Gasteiger charge is -2.10. The van der Waals surface area contributed by atoms with Crippen LogP contribution in [0.2, 0.25) is 0 Å². The van der Waals surface area contributed by atoms with E-state index in [4.69, 9.17) is 4.74 Å². The number of aromatic nitrogens is 3. The van der Waals surface area contributed by atoms with E-state index in [1.807, 2.05) is 24.3 Å². The first-order valence-corrected chi connectivity index (χ1v) is 7.48. The van der Waals surface area contributed by atoms with Crippen LogP contribution in [0.5, 0.6) is 5.75 Å². The molecule has 22 heavy (non-hydrogen) atoms. The molecule has 0 aliphatic heterocycles. The molecule has 1 aromatic carbocycles. The lowest BCUT2D eigenvalue weighted by molar-refractivity contribution is 0.410. The van der Waals surface area contributed by atoms with Gasteiger partial charge in [0.2, 0.25) is 5.95 Å². The molecule has 1 aromatic heterocycles. The first kappa shape index (κ1) is 16.0. The Kier molecular flexibility index (Phi) is 5.94. The molecule has 0 unspecified atom stereocenters. The highest BCUT2D eigenvalue weighted by Gasteiger charge is 2.04. The van der Waals surface area contributed by atoms with E-state index in [1.165, 1.54) is 0 Å². The third kappa shape index (κ3) is 4.87. The molecule has 2 rings (SSSR count). The molecule has 0 fully saturated rings. The summed E-state index contributed by atoms with van der Waals surface area (Å²) in [6, 6.07) is 7.85. The van der Waals surface area contributed by atoms with Crippen LogP contribution in [-0.4, -0.2) is 28.8 Å². The van der Waals surface area contributed by atoms with E-state index in [1.54, 1.807) is 13.3 Å². The first-order valence-electron chi connectivity index (χ1n) is 7.48. The van der Waals surface area contributed by atoms with Gasteiger partial charge in [-0.2, -0.15) is 10.1 Å². The van der Waals surface area contributed by atoms with Gasteiger partial charge in [0.25, 0.3) is 0 Å². The third-order valence-electron chi connectivity index (χ3n) is 3.22. The second-order valence-corrected chi connectivity index (χ2v) is 5.44. The summed E-state index contributed by atoms with van der Waals surface area (Å²) < 4.78 is 5.32. The number of nitrogens with zero attached hydrogens (tertiary/aromatic N) is 3. The van der Waals surface area contributed by atoms with Crippen molar-refractivity contribution in [2.24, 2.45) is 5.92 Å². The van der Waals surface area contributed by atoms with E-state index < -0.39 is 0 Å². The van der Waals surface area contributed by atoms with Gasteiger partial charge >= 0.3 is 0 Å². The highest BCUT2D eigenvalue weighted by atomic mass is 16.5. The molecule has 0 saturated carbocycles. The van der Waals surface area contributed by atoms with Crippen molar-refractivity contribution in [3.8, 4) is 5.75 Å². The summed E-state index contributed by atoms with van der Waals surface area (Å²) in [5.74, 6) is 2.73. The van der Waals surface area contributed by atoms with Crippen molar-refractivity contribution in [3.05, 3.63) is 36.0 Å². The Morgan fingerprint density at radius 1 is 1.18 bits per heavy atom. The summed E-state index contributed by atoms with van der Waals surface area (Å²) >= 11 is 0. The molecule has 6 nitrogen and oxygen atoms in total. The predicted octanol–water partition coefficient (Wildman–Crippen LogP) is 2.95. The average molecular weight is 301 g/mol. The van der Waals surface area contributed by atoms with Gasteiger partial charge < -0.3 is 15.4 Å². The molecule has 6 heteroatoms. The van der Waals surface area contributed by atoms with Crippen molar-refractivity contribution in [2.45, 2.75) is 26.8 Å². The van der Waals surface area contributed by atoms with Crippen LogP contribution in [0, 0.1) is 5.92 Å². The van der Waals surface area contributed by atoms with Crippen LogP contribution in [0.1, 0.15) is 25.8 Å². The summed E-state index contributed by atoms with van der Waals surface area (Å²) in [6.07, 6.45) is 2.72. The maximum absolute atomic E-state index is 5.32. The molecule has 0 saturated heterocycles. The molecule has 118 valence electrons. The summed E-state index contributed by atoms with van der Waals surface area (Å²) in [4.78, 5) is 4.40. The second kappa shape index (κ2) is 8.17. The smallest absolute Gasteiger partial charge is 0.244 e. The molecule has 0 spiro atoms. The van der Waals surface area contributed by atoms with E-state index in [9.17, 15) is 0 Å². The number of benzene rings is 1. The minimum absolute atomic E-state index is 0.500. The summed E-state index contributed by atoms with van der Waals surface area (Å²) in [6.45, 7) is 5.85. The molecule has 2 N–H and O–H groups in total. The van der Waals surface area contributed by atoms with Gasteiger partial charge in [0.05, 0.1) is 13.3 Å².